The average Bonchev–Trinajstić information content (AvgIpc) is 2.72. The van der Waals surface area contributed by atoms with E-state index in [1.807, 2.05) is 18.2 Å². The first kappa shape index (κ1) is 19.7. The van der Waals surface area contributed by atoms with Gasteiger partial charge in [0.15, 0.2) is 0 Å². The van der Waals surface area contributed by atoms with Gasteiger partial charge in [0.05, 0.1) is 16.7 Å². The maximum Gasteiger partial charge on any atom is 0.246 e. The molecule has 1 aliphatic rings. The van der Waals surface area contributed by atoms with E-state index in [0.717, 1.165) is 5.56 Å². The van der Waals surface area contributed by atoms with Gasteiger partial charge in [-0.15, -0.1) is 0 Å². The fourth-order valence-electron chi connectivity index (χ4n) is 3.21. The maximum absolute atomic E-state index is 12.5. The predicted octanol–water partition coefficient (Wildman–Crippen LogP) is 3.38. The summed E-state index contributed by atoms with van der Waals surface area (Å²) in [6, 6.07) is 15.8. The molecule has 0 bridgehead atoms. The van der Waals surface area contributed by atoms with Gasteiger partial charge in [-0.1, -0.05) is 41.9 Å². The molecular weight excluding hydrogens is 374 g/mol. The van der Waals surface area contributed by atoms with Crippen LogP contribution in [0.2, 0.25) is 5.02 Å². The van der Waals surface area contributed by atoms with Gasteiger partial charge < -0.3 is 9.80 Å². The molecule has 3 rings (SSSR count). The maximum atomic E-state index is 12.5. The van der Waals surface area contributed by atoms with Crippen molar-refractivity contribution >= 4 is 29.5 Å². The van der Waals surface area contributed by atoms with Gasteiger partial charge in [-0.25, -0.2) is 0 Å². The zero-order valence-corrected chi connectivity index (χ0v) is 16.2. The van der Waals surface area contributed by atoms with Crippen molar-refractivity contribution in [3.8, 4) is 17.2 Å². The number of carbonyl (C=O) groups excluding carboxylic acids is 2. The van der Waals surface area contributed by atoms with Gasteiger partial charge in [0.25, 0.3) is 0 Å². The van der Waals surface area contributed by atoms with Crippen molar-refractivity contribution < 1.29 is 9.59 Å². The number of halogens is 1. The number of rotatable bonds is 3. The number of nitriles is 1. The molecule has 5 nitrogen and oxygen atoms in total. The fraction of sp³-hybridized carbons (Fsp3) is 0.227. The molecular formula is C22H19ClN3O2. The molecule has 141 valence electrons. The Bertz CT molecular complexity index is 970. The minimum absolute atomic E-state index is 0.0265. The molecule has 1 radical (unpaired) electrons. The summed E-state index contributed by atoms with van der Waals surface area (Å²) in [6.45, 7) is 3.64. The molecule has 1 heterocycles. The summed E-state index contributed by atoms with van der Waals surface area (Å²) in [7, 11) is 0. The third-order valence-corrected chi connectivity index (χ3v) is 5.04. The Labute approximate surface area is 169 Å². The van der Waals surface area contributed by atoms with Crippen LogP contribution in [0, 0.1) is 17.4 Å². The van der Waals surface area contributed by atoms with Crippen molar-refractivity contribution in [1.82, 2.24) is 9.80 Å². The highest BCUT2D eigenvalue weighted by Gasteiger charge is 2.21. The number of hydrogen-bond acceptors (Lipinski definition) is 3. The molecule has 0 atom stereocenters. The molecule has 0 N–H and O–H groups in total. The summed E-state index contributed by atoms with van der Waals surface area (Å²) in [5.41, 5.74) is 2.62. The van der Waals surface area contributed by atoms with E-state index >= 15 is 0 Å². The normalized spacial score (nSPS) is 14.2. The topological polar surface area (TPSA) is 64.4 Å². The molecule has 0 saturated carbocycles. The molecule has 2 aromatic carbocycles. The Morgan fingerprint density at radius 2 is 1.82 bits per heavy atom. The predicted molar refractivity (Wildman–Crippen MR) is 108 cm³/mol. The van der Waals surface area contributed by atoms with Crippen molar-refractivity contribution in [2.75, 3.05) is 26.2 Å². The van der Waals surface area contributed by atoms with Gasteiger partial charge in [0.1, 0.15) is 0 Å². The van der Waals surface area contributed by atoms with Crippen LogP contribution in [0.3, 0.4) is 0 Å². The second-order valence-electron chi connectivity index (χ2n) is 6.44. The second-order valence-corrected chi connectivity index (χ2v) is 6.82. The van der Waals surface area contributed by atoms with Gasteiger partial charge in [0.2, 0.25) is 11.8 Å². The molecule has 2 aromatic rings. The van der Waals surface area contributed by atoms with Crippen LogP contribution in [-0.4, -0.2) is 47.8 Å². The molecule has 1 saturated heterocycles. The molecule has 0 aromatic heterocycles. The Morgan fingerprint density at radius 1 is 1.14 bits per heavy atom. The Kier molecular flexibility index (Phi) is 6.13. The minimum Gasteiger partial charge on any atom is -0.339 e. The van der Waals surface area contributed by atoms with Crippen molar-refractivity contribution in [2.24, 2.45) is 0 Å². The standard InChI is InChI=1S/C22H19ClN3O2/c1-16(27)25-11-13-26(14-12-25)21(28)10-9-17-6-4-8-20(23)22(17)19-7-3-2-5-18(19)15-24/h2-7,9-10H,11-14H2,1H3/b10-9+. The lowest BCUT2D eigenvalue weighted by atomic mass is 9.95. The average molecular weight is 393 g/mol. The smallest absolute Gasteiger partial charge is 0.246 e. The minimum atomic E-state index is -0.119. The number of benzene rings is 2. The SMILES string of the molecule is CC(=O)N1CCN(C(=O)/C=C/c2cc[c]c(Cl)c2-c2ccccc2C#N)CC1. The van der Waals surface area contributed by atoms with Crippen LogP contribution in [0.4, 0.5) is 0 Å². The van der Waals surface area contributed by atoms with E-state index in [-0.39, 0.29) is 11.8 Å². The van der Waals surface area contributed by atoms with Crippen LogP contribution in [0.5, 0.6) is 0 Å². The number of amides is 2. The monoisotopic (exact) mass is 392 g/mol. The van der Waals surface area contributed by atoms with E-state index in [0.29, 0.717) is 47.9 Å². The van der Waals surface area contributed by atoms with E-state index < -0.39 is 0 Å². The number of piperazine rings is 1. The van der Waals surface area contributed by atoms with Gasteiger partial charge in [0, 0.05) is 56.4 Å². The molecule has 0 unspecified atom stereocenters. The van der Waals surface area contributed by atoms with Crippen molar-refractivity contribution in [3.63, 3.8) is 0 Å². The van der Waals surface area contributed by atoms with E-state index in [1.165, 1.54) is 13.0 Å². The fourth-order valence-corrected chi connectivity index (χ4v) is 3.48. The zero-order chi connectivity index (χ0) is 20.1. The Hall–Kier alpha value is -3.10. The summed E-state index contributed by atoms with van der Waals surface area (Å²) in [4.78, 5) is 27.4. The molecule has 28 heavy (non-hydrogen) atoms. The lowest BCUT2D eigenvalue weighted by Crippen LogP contribution is -2.49. The highest BCUT2D eigenvalue weighted by molar-refractivity contribution is 6.33. The number of nitrogens with zero attached hydrogens (tertiary/aromatic N) is 3. The third kappa shape index (κ3) is 4.24. The molecule has 6 heteroatoms. The first-order valence-electron chi connectivity index (χ1n) is 8.93. The van der Waals surface area contributed by atoms with Gasteiger partial charge in [-0.2, -0.15) is 5.26 Å². The quantitative estimate of drug-likeness (QED) is 0.752. The largest absolute Gasteiger partial charge is 0.339 e. The third-order valence-electron chi connectivity index (χ3n) is 4.74. The summed E-state index contributed by atoms with van der Waals surface area (Å²) >= 11 is 6.37. The lowest BCUT2D eigenvalue weighted by Gasteiger charge is -2.33. The summed E-state index contributed by atoms with van der Waals surface area (Å²) in [6.07, 6.45) is 3.22. The molecule has 1 fully saturated rings. The number of hydrogen-bond donors (Lipinski definition) is 0. The lowest BCUT2D eigenvalue weighted by molar-refractivity contribution is -0.135. The molecule has 2 amide bonds. The zero-order valence-electron chi connectivity index (χ0n) is 15.5. The van der Waals surface area contributed by atoms with Crippen LogP contribution >= 0.6 is 11.6 Å². The van der Waals surface area contributed by atoms with Crippen LogP contribution in [0.15, 0.2) is 42.5 Å². The van der Waals surface area contributed by atoms with Crippen molar-refractivity contribution in [1.29, 1.82) is 5.26 Å². The molecule has 0 aliphatic carbocycles. The first-order chi connectivity index (χ1) is 13.5. The van der Waals surface area contributed by atoms with Crippen LogP contribution in [0.25, 0.3) is 17.2 Å². The number of carbonyl (C=O) groups is 2. The molecule has 0 spiro atoms. The van der Waals surface area contributed by atoms with Gasteiger partial charge in [-0.3, -0.25) is 9.59 Å². The van der Waals surface area contributed by atoms with E-state index in [4.69, 9.17) is 11.6 Å². The van der Waals surface area contributed by atoms with Crippen LogP contribution < -0.4 is 0 Å². The molecule has 1 aliphatic heterocycles. The first-order valence-corrected chi connectivity index (χ1v) is 9.31. The van der Waals surface area contributed by atoms with E-state index in [1.54, 1.807) is 34.1 Å². The Balaban J connectivity index is 1.84. The highest BCUT2D eigenvalue weighted by atomic mass is 35.5. The van der Waals surface area contributed by atoms with E-state index in [9.17, 15) is 14.9 Å². The van der Waals surface area contributed by atoms with Crippen LogP contribution in [0.1, 0.15) is 18.1 Å². The summed E-state index contributed by atoms with van der Waals surface area (Å²) < 4.78 is 0. The van der Waals surface area contributed by atoms with Crippen molar-refractivity contribution in [3.05, 3.63) is 64.7 Å². The van der Waals surface area contributed by atoms with Crippen molar-refractivity contribution in [2.45, 2.75) is 6.92 Å². The summed E-state index contributed by atoms with van der Waals surface area (Å²) in [5, 5.41) is 9.80. The van der Waals surface area contributed by atoms with E-state index in [2.05, 4.69) is 12.1 Å². The van der Waals surface area contributed by atoms with Crippen LogP contribution in [-0.2, 0) is 9.59 Å². The van der Waals surface area contributed by atoms with Gasteiger partial charge >= 0.3 is 0 Å². The van der Waals surface area contributed by atoms with Gasteiger partial charge in [-0.05, 0) is 17.7 Å². The Morgan fingerprint density at radius 3 is 2.50 bits per heavy atom. The second kappa shape index (κ2) is 8.73. The highest BCUT2D eigenvalue weighted by Crippen LogP contribution is 2.34. The summed E-state index contributed by atoms with van der Waals surface area (Å²) in [5.74, 6) is -0.0923.